The molecule has 0 aliphatic rings. The highest BCUT2D eigenvalue weighted by molar-refractivity contribution is 8.00. The maximum atomic E-state index is 11.7. The Kier molecular flexibility index (Phi) is 31.7. The Bertz CT molecular complexity index is 7670. The number of pyridine rings is 2. The number of aromatic nitrogens is 18. The number of fused-ring (bicyclic) bond motifs is 8. The zero-order chi connectivity index (χ0) is 100. The van der Waals surface area contributed by atoms with Crippen LogP contribution in [0.4, 0.5) is 69.3 Å². The summed E-state index contributed by atoms with van der Waals surface area (Å²) in [7, 11) is 16.4. The number of aromatic amines is 4. The Balaban J connectivity index is 0.000000132. The number of rotatable bonds is 34. The average molecular weight is 1990 g/mol. The molecule has 4 amide bonds. The second-order valence-electron chi connectivity index (χ2n) is 34.0. The van der Waals surface area contributed by atoms with Gasteiger partial charge in [0, 0.05) is 162 Å². The summed E-state index contributed by atoms with van der Waals surface area (Å²) in [5, 5.41) is 33.8. The Labute approximate surface area is 845 Å². The summed E-state index contributed by atoms with van der Waals surface area (Å²) in [6.07, 6.45) is 16.1. The summed E-state index contributed by atoms with van der Waals surface area (Å²) in [6.45, 7) is 19.4. The van der Waals surface area contributed by atoms with Gasteiger partial charge in [0.1, 0.15) is 42.4 Å². The van der Waals surface area contributed by atoms with Crippen molar-refractivity contribution in [3.63, 3.8) is 0 Å². The highest BCUT2D eigenvalue weighted by atomic mass is 32.2. The molecule has 0 fully saturated rings. The van der Waals surface area contributed by atoms with Gasteiger partial charge in [-0.25, -0.2) is 29.9 Å². The highest BCUT2D eigenvalue weighted by Crippen LogP contribution is 2.40. The van der Waals surface area contributed by atoms with Crippen molar-refractivity contribution in [1.82, 2.24) is 108 Å². The van der Waals surface area contributed by atoms with E-state index in [1.54, 1.807) is 12.7 Å². The van der Waals surface area contributed by atoms with Crippen molar-refractivity contribution in [2.75, 3.05) is 112 Å². The van der Waals surface area contributed by atoms with Crippen LogP contribution in [0.1, 0.15) is 11.4 Å². The van der Waals surface area contributed by atoms with Crippen LogP contribution < -0.4 is 42.5 Å². The van der Waals surface area contributed by atoms with Crippen LogP contribution in [0.15, 0.2) is 346 Å². The second-order valence-corrected chi connectivity index (χ2v) is 38.2. The summed E-state index contributed by atoms with van der Waals surface area (Å²) in [6, 6.07) is 71.3. The van der Waals surface area contributed by atoms with Crippen LogP contribution in [-0.2, 0) is 45.4 Å². The van der Waals surface area contributed by atoms with Crippen molar-refractivity contribution in [2.24, 2.45) is 0 Å². The van der Waals surface area contributed by atoms with E-state index in [-0.39, 0.29) is 23.6 Å². The molecule has 34 nitrogen and oxygen atoms in total. The maximum absolute atomic E-state index is 11.7. The first-order chi connectivity index (χ1) is 69.9. The monoisotopic (exact) mass is 1990 g/mol. The Hall–Kier alpha value is -16.7. The molecule has 0 unspecified atom stereocenters. The topological polar surface area (TPSA) is 405 Å². The maximum Gasteiger partial charge on any atom is 0.247 e. The van der Waals surface area contributed by atoms with Crippen molar-refractivity contribution >= 4 is 228 Å². The Morgan fingerprint density at radius 2 is 0.667 bits per heavy atom. The average Bonchev–Trinajstić information content (AvgIpc) is 1.52. The van der Waals surface area contributed by atoms with Gasteiger partial charge in [-0.15, -0.1) is 0 Å². The lowest BCUT2D eigenvalue weighted by molar-refractivity contribution is -0.112. The van der Waals surface area contributed by atoms with E-state index in [4.69, 9.17) is 29.9 Å². The first-order valence-corrected chi connectivity index (χ1v) is 48.8. The molecule has 0 saturated heterocycles. The summed E-state index contributed by atoms with van der Waals surface area (Å²) >= 11 is 5.93. The standard InChI is InChI=1S/C27H27N7OS.C27H25N7OS.C26H24N8OS.C26H26N8OS/c1-4-24(35)29-19-6-5-7-21(17-19)36-26-22-10-12-28-25(22)31-27(32-26)30-20-8-9-23-18(16-20)11-13-34(23)15-14-33(2)3;1-4-24(35)30-18-6-5-7-21(15-18)36-26-22-12-13-28-25(22)32-27(33-26)31-19-10-11-23-17(14-19)8-9-20(29-23)16-34(2)3;1-4-22(35)30-17-6-5-7-20(13-17)36-25-23-24(28-15-27-23)32-26(33-25)31-18-10-11-21-16(12-18)8-9-19(29-21)14-34(2)3;1-4-22(35)29-18-6-5-7-20(15-18)36-25-23-24(28-16-27-23)31-26(32-25)30-19-8-9-21-17(14-19)10-11-34(21)13-12-33(2)3/h4-13,16-17H,1,14-15H2,2-3H3,(H,29,35)(H2,28,30,31,32);4-15H,1,16H2,2-3H3,(H,30,35)(H2,28,31,32,33);4-13,15H,1,14H2,2-3H3,(H,30,35)(H2,27,28,31,32,33);4-11,14-16H,1,12-13H2,2-3H3,(H,29,35)(H2,27,28,30,31,32). The predicted octanol–water partition coefficient (Wildman–Crippen LogP) is 21.0. The van der Waals surface area contributed by atoms with Gasteiger partial charge < -0.3 is 91.2 Å². The lowest BCUT2D eigenvalue weighted by Crippen LogP contribution is -2.17. The van der Waals surface area contributed by atoms with Gasteiger partial charge in [0.25, 0.3) is 0 Å². The van der Waals surface area contributed by atoms with Crippen LogP contribution in [0.25, 0.3) is 88.0 Å². The van der Waals surface area contributed by atoms with Gasteiger partial charge >= 0.3 is 0 Å². The number of anilines is 12. The summed E-state index contributed by atoms with van der Waals surface area (Å²) < 4.78 is 4.52. The van der Waals surface area contributed by atoms with Crippen LogP contribution in [-0.4, -0.2) is 202 Å². The minimum Gasteiger partial charge on any atom is -0.346 e. The summed E-state index contributed by atoms with van der Waals surface area (Å²) in [5.74, 6) is 0.870. The van der Waals surface area contributed by atoms with Gasteiger partial charge in [-0.3, -0.25) is 29.1 Å². The number of benzene rings is 8. The molecule has 20 rings (SSSR count). The van der Waals surface area contributed by atoms with E-state index in [0.717, 1.165) is 174 Å². The van der Waals surface area contributed by atoms with Crippen molar-refractivity contribution in [1.29, 1.82) is 0 Å². The van der Waals surface area contributed by atoms with Crippen LogP contribution in [0.2, 0.25) is 0 Å². The molecule has 0 aliphatic carbocycles. The number of carbonyl (C=O) groups excluding carboxylic acids is 4. The third-order valence-electron chi connectivity index (χ3n) is 21.9. The smallest absolute Gasteiger partial charge is 0.247 e. The first-order valence-electron chi connectivity index (χ1n) is 45.5. The molecule has 12 heterocycles. The number of carbonyl (C=O) groups is 4. The number of likely N-dealkylation sites (N-methyl/N-ethyl adjacent to an activating group) is 2. The fourth-order valence-corrected chi connectivity index (χ4v) is 18.9. The summed E-state index contributed by atoms with van der Waals surface area (Å²) in [4.78, 5) is 127. The van der Waals surface area contributed by atoms with Gasteiger partial charge in [-0.1, -0.05) is 110 Å². The van der Waals surface area contributed by atoms with Crippen molar-refractivity contribution in [2.45, 2.75) is 65.9 Å². The van der Waals surface area contributed by atoms with E-state index >= 15 is 0 Å². The summed E-state index contributed by atoms with van der Waals surface area (Å²) in [5.41, 5.74) is 16.7. The number of hydrogen-bond donors (Lipinski definition) is 12. The van der Waals surface area contributed by atoms with Crippen LogP contribution in [0.3, 0.4) is 0 Å². The van der Waals surface area contributed by atoms with E-state index in [9.17, 15) is 19.2 Å². The van der Waals surface area contributed by atoms with Crippen molar-refractivity contribution in [3.05, 3.63) is 318 Å². The number of nitrogens with one attached hydrogen (secondary N) is 12. The van der Waals surface area contributed by atoms with E-state index in [2.05, 4.69) is 243 Å². The quantitative estimate of drug-likeness (QED) is 0.0132. The molecule has 0 saturated carbocycles. The fraction of sp³-hybridized carbons (Fsp3) is 0.132. The molecular formula is C106H102N30O4S4. The van der Waals surface area contributed by atoms with Crippen LogP contribution in [0.5, 0.6) is 0 Å². The Morgan fingerprint density at radius 3 is 1.01 bits per heavy atom. The lowest BCUT2D eigenvalue weighted by Gasteiger charge is -2.12. The van der Waals surface area contributed by atoms with Gasteiger partial charge in [0.15, 0.2) is 11.3 Å². The molecule has 20 aromatic rings. The third kappa shape index (κ3) is 25.9. The van der Waals surface area contributed by atoms with E-state index in [1.165, 1.54) is 82.4 Å². The SMILES string of the molecule is C=CC(=O)Nc1cccc(Sc2nc(Nc3ccc4c(ccn4CCN(C)C)c3)nc3[nH]ccc23)c1.C=CC(=O)Nc1cccc(Sc2nc(Nc3ccc4c(ccn4CCN(C)C)c3)nc3nc[nH]c23)c1.C=CC(=O)Nc1cccc(Sc2nc(Nc3ccc4nc(CN(C)C)ccc4c3)nc3[nH]ccc23)c1.C=CC(=O)Nc1cccc(Sc2nc(Nc3ccc4nc(CN(C)C)ccc4c3)nc3nc[nH]c23)c1. The minimum absolute atomic E-state index is 0.247. The molecule has 0 bridgehead atoms. The lowest BCUT2D eigenvalue weighted by atomic mass is 10.2. The Morgan fingerprint density at radius 1 is 0.333 bits per heavy atom. The molecule has 144 heavy (non-hydrogen) atoms. The van der Waals surface area contributed by atoms with E-state index in [0.29, 0.717) is 62.9 Å². The number of nitrogens with zero attached hydrogens (tertiary/aromatic N) is 18. The molecule has 0 spiro atoms. The molecule has 0 aliphatic heterocycles. The minimum atomic E-state index is -0.263. The first kappa shape index (κ1) is 98.9. The van der Waals surface area contributed by atoms with Crippen LogP contribution in [0, 0.1) is 0 Å². The van der Waals surface area contributed by atoms with Crippen molar-refractivity contribution < 1.29 is 19.2 Å². The fourth-order valence-electron chi connectivity index (χ4n) is 15.1. The zero-order valence-corrected chi connectivity index (χ0v) is 83.2. The molecule has 724 valence electrons. The number of imidazole rings is 2. The molecule has 0 radical (unpaired) electrons. The zero-order valence-electron chi connectivity index (χ0n) is 79.9. The van der Waals surface area contributed by atoms with Gasteiger partial charge in [0.05, 0.1) is 45.8 Å². The van der Waals surface area contributed by atoms with Crippen LogP contribution >= 0.6 is 47.0 Å². The normalized spacial score (nSPS) is 11.2. The second kappa shape index (κ2) is 46.1. The molecule has 8 aromatic carbocycles. The van der Waals surface area contributed by atoms with Gasteiger partial charge in [-0.05, 0) is 263 Å². The highest BCUT2D eigenvalue weighted by Gasteiger charge is 2.21. The predicted molar refractivity (Wildman–Crippen MR) is 581 cm³/mol. The number of H-pyrrole nitrogens is 4. The third-order valence-corrected chi connectivity index (χ3v) is 25.8. The molecule has 12 N–H and O–H groups in total. The molecular weight excluding hydrogens is 1890 g/mol. The largest absolute Gasteiger partial charge is 0.346 e. The van der Waals surface area contributed by atoms with Gasteiger partial charge in [-0.2, -0.15) is 19.9 Å². The molecule has 0 atom stereocenters. The van der Waals surface area contributed by atoms with E-state index < -0.39 is 0 Å². The van der Waals surface area contributed by atoms with Crippen molar-refractivity contribution in [3.8, 4) is 0 Å². The van der Waals surface area contributed by atoms with Gasteiger partial charge in [0.2, 0.25) is 47.4 Å². The van der Waals surface area contributed by atoms with E-state index in [1.807, 2.05) is 204 Å². The number of amides is 4. The molecule has 12 aromatic heterocycles. The molecule has 38 heteroatoms. The number of hydrogen-bond acceptors (Lipinski definition) is 28.